The standard InChI is InChI=1S/C31H32N2O/c1-21-25(22-14-8-5-9-15-22)28-30(2,3)20-32-27(24-18-12-7-13-19-24)26(23-16-10-6-11-17-23)29(34)31(21,4)33(28)32/h5-19,26-28H,20H2,1-4H3/t26-,27-,28+,31-/m0/s1. The molecule has 0 saturated carbocycles. The zero-order chi connectivity index (χ0) is 23.7. The molecule has 34 heavy (non-hydrogen) atoms. The summed E-state index contributed by atoms with van der Waals surface area (Å²) in [4.78, 5) is 14.7. The average Bonchev–Trinajstić information content (AvgIpc) is 3.28. The van der Waals surface area contributed by atoms with Gasteiger partial charge in [-0.3, -0.25) is 4.79 Å². The maximum atomic E-state index is 14.7. The predicted octanol–water partition coefficient (Wildman–Crippen LogP) is 6.27. The van der Waals surface area contributed by atoms with Gasteiger partial charge in [0.05, 0.1) is 18.0 Å². The molecule has 0 bridgehead atoms. The molecule has 0 radical (unpaired) electrons. The minimum atomic E-state index is -0.671. The van der Waals surface area contributed by atoms with Gasteiger partial charge in [0.25, 0.3) is 0 Å². The first-order valence-electron chi connectivity index (χ1n) is 12.3. The second-order valence-electron chi connectivity index (χ2n) is 10.9. The molecule has 0 unspecified atom stereocenters. The summed E-state index contributed by atoms with van der Waals surface area (Å²) >= 11 is 0. The number of hydrogen-bond acceptors (Lipinski definition) is 3. The van der Waals surface area contributed by atoms with E-state index in [0.717, 1.165) is 12.1 Å². The fourth-order valence-corrected chi connectivity index (χ4v) is 6.88. The lowest BCUT2D eigenvalue weighted by molar-refractivity contribution is -0.164. The Bertz CT molecular complexity index is 1260. The topological polar surface area (TPSA) is 23.6 Å². The lowest BCUT2D eigenvalue weighted by Crippen LogP contribution is -2.64. The summed E-state index contributed by atoms with van der Waals surface area (Å²) in [7, 11) is 0. The van der Waals surface area contributed by atoms with Crippen LogP contribution in [0.15, 0.2) is 96.6 Å². The third kappa shape index (κ3) is 2.80. The number of benzene rings is 3. The molecule has 172 valence electrons. The number of Topliss-reactive ketones (excluding diaryl/α,β-unsaturated/α-hetero) is 1. The molecule has 0 N–H and O–H groups in total. The summed E-state index contributed by atoms with van der Waals surface area (Å²) in [5.41, 5.74) is 5.37. The zero-order valence-corrected chi connectivity index (χ0v) is 20.4. The molecule has 2 saturated heterocycles. The van der Waals surface area contributed by atoms with Gasteiger partial charge in [-0.1, -0.05) is 105 Å². The maximum absolute atomic E-state index is 14.7. The molecule has 0 amide bonds. The second-order valence-corrected chi connectivity index (χ2v) is 10.9. The summed E-state index contributed by atoms with van der Waals surface area (Å²) in [5, 5.41) is 5.00. The van der Waals surface area contributed by atoms with E-state index in [1.807, 2.05) is 6.07 Å². The monoisotopic (exact) mass is 448 g/mol. The first-order valence-corrected chi connectivity index (χ1v) is 12.3. The summed E-state index contributed by atoms with van der Waals surface area (Å²) in [6.07, 6.45) is 0. The number of ketones is 1. The summed E-state index contributed by atoms with van der Waals surface area (Å²) in [6, 6.07) is 31.8. The first-order chi connectivity index (χ1) is 16.4. The van der Waals surface area contributed by atoms with Gasteiger partial charge in [-0.15, -0.1) is 0 Å². The van der Waals surface area contributed by atoms with Gasteiger partial charge in [0.1, 0.15) is 5.54 Å². The third-order valence-electron chi connectivity index (χ3n) is 8.48. The summed E-state index contributed by atoms with van der Waals surface area (Å²) in [6.45, 7) is 9.99. The molecule has 2 fully saturated rings. The number of carbonyl (C=O) groups is 1. The lowest BCUT2D eigenvalue weighted by atomic mass is 9.71. The predicted molar refractivity (Wildman–Crippen MR) is 137 cm³/mol. The molecule has 3 aromatic rings. The number of hydrogen-bond donors (Lipinski definition) is 0. The largest absolute Gasteiger partial charge is 0.296 e. The van der Waals surface area contributed by atoms with E-state index in [-0.39, 0.29) is 23.4 Å². The number of hydrazine groups is 1. The van der Waals surface area contributed by atoms with Crippen molar-refractivity contribution in [3.8, 4) is 0 Å². The van der Waals surface area contributed by atoms with Crippen LogP contribution in [0.1, 0.15) is 56.3 Å². The quantitative estimate of drug-likeness (QED) is 0.472. The van der Waals surface area contributed by atoms with Gasteiger partial charge in [-0.25, -0.2) is 10.0 Å². The van der Waals surface area contributed by atoms with E-state index in [2.05, 4.69) is 123 Å². The van der Waals surface area contributed by atoms with Crippen LogP contribution in [0.3, 0.4) is 0 Å². The van der Waals surface area contributed by atoms with Crippen LogP contribution in [0.5, 0.6) is 0 Å². The Balaban J connectivity index is 1.62. The van der Waals surface area contributed by atoms with Gasteiger partial charge in [0, 0.05) is 6.54 Å². The molecule has 3 heteroatoms. The highest BCUT2D eigenvalue weighted by molar-refractivity contribution is 6.02. The Morgan fingerprint density at radius 2 is 1.29 bits per heavy atom. The molecular formula is C31H32N2O. The van der Waals surface area contributed by atoms with Gasteiger partial charge in [-0.05, 0) is 47.1 Å². The van der Waals surface area contributed by atoms with Crippen molar-refractivity contribution >= 4 is 11.4 Å². The fraction of sp³-hybridized carbons (Fsp3) is 0.323. The molecule has 0 aromatic heterocycles. The summed E-state index contributed by atoms with van der Waals surface area (Å²) in [5.74, 6) is 0.0689. The number of carbonyl (C=O) groups excluding carboxylic acids is 1. The van der Waals surface area contributed by atoms with Crippen LogP contribution in [-0.2, 0) is 4.79 Å². The highest BCUT2D eigenvalue weighted by Crippen LogP contribution is 2.61. The average molecular weight is 449 g/mol. The van der Waals surface area contributed by atoms with E-state index in [0.29, 0.717) is 5.78 Å². The van der Waals surface area contributed by atoms with Gasteiger partial charge in [0.2, 0.25) is 0 Å². The van der Waals surface area contributed by atoms with E-state index in [4.69, 9.17) is 0 Å². The highest BCUT2D eigenvalue weighted by atomic mass is 16.1. The number of nitrogens with zero attached hydrogens (tertiary/aromatic N) is 2. The maximum Gasteiger partial charge on any atom is 0.167 e. The van der Waals surface area contributed by atoms with Gasteiger partial charge in [0.15, 0.2) is 5.78 Å². The van der Waals surface area contributed by atoms with Crippen molar-refractivity contribution < 1.29 is 4.79 Å². The van der Waals surface area contributed by atoms with Gasteiger partial charge in [-0.2, -0.15) is 0 Å². The molecule has 3 heterocycles. The minimum Gasteiger partial charge on any atom is -0.296 e. The molecule has 0 aliphatic carbocycles. The normalized spacial score (nSPS) is 30.6. The van der Waals surface area contributed by atoms with Crippen molar-refractivity contribution in [2.75, 3.05) is 6.54 Å². The van der Waals surface area contributed by atoms with Crippen molar-refractivity contribution in [1.82, 2.24) is 10.0 Å². The van der Waals surface area contributed by atoms with Crippen molar-refractivity contribution in [2.24, 2.45) is 5.41 Å². The van der Waals surface area contributed by atoms with Crippen LogP contribution in [0.4, 0.5) is 0 Å². The highest BCUT2D eigenvalue weighted by Gasteiger charge is 2.68. The van der Waals surface area contributed by atoms with Crippen molar-refractivity contribution in [3.63, 3.8) is 0 Å². The SMILES string of the molecule is CC1=C(c2ccccc2)[C@H]2N3N(CC2(C)C)[C@@H](c2ccccc2)[C@H](c2ccccc2)C(=O)[C@]13C. The molecule has 4 atom stereocenters. The summed E-state index contributed by atoms with van der Waals surface area (Å²) < 4.78 is 0. The van der Waals surface area contributed by atoms with Crippen LogP contribution < -0.4 is 0 Å². The smallest absolute Gasteiger partial charge is 0.167 e. The van der Waals surface area contributed by atoms with Crippen LogP contribution in [0.2, 0.25) is 0 Å². The molecule has 6 rings (SSSR count). The second kappa shape index (κ2) is 7.49. The Labute approximate surface area is 202 Å². The lowest BCUT2D eigenvalue weighted by Gasteiger charge is -2.52. The van der Waals surface area contributed by atoms with Crippen LogP contribution >= 0.6 is 0 Å². The molecule has 3 aliphatic rings. The van der Waals surface area contributed by atoms with Crippen LogP contribution in [0, 0.1) is 5.41 Å². The van der Waals surface area contributed by atoms with Gasteiger partial charge < -0.3 is 0 Å². The third-order valence-corrected chi connectivity index (χ3v) is 8.48. The van der Waals surface area contributed by atoms with E-state index in [9.17, 15) is 4.79 Å². The van der Waals surface area contributed by atoms with Crippen LogP contribution in [0.25, 0.3) is 5.57 Å². The van der Waals surface area contributed by atoms with Crippen molar-refractivity contribution in [3.05, 3.63) is 113 Å². The number of rotatable bonds is 3. The Morgan fingerprint density at radius 3 is 1.88 bits per heavy atom. The Kier molecular flexibility index (Phi) is 4.74. The zero-order valence-electron chi connectivity index (χ0n) is 20.4. The van der Waals surface area contributed by atoms with E-state index in [1.165, 1.54) is 22.3 Å². The molecule has 3 nitrogen and oxygen atoms in total. The molecular weight excluding hydrogens is 416 g/mol. The Hall–Kier alpha value is -3.01. The van der Waals surface area contributed by atoms with E-state index >= 15 is 0 Å². The van der Waals surface area contributed by atoms with Crippen molar-refractivity contribution in [1.29, 1.82) is 0 Å². The van der Waals surface area contributed by atoms with Crippen LogP contribution in [-0.4, -0.2) is 33.9 Å². The first kappa shape index (κ1) is 21.5. The van der Waals surface area contributed by atoms with Crippen molar-refractivity contribution in [2.45, 2.75) is 51.2 Å². The fourth-order valence-electron chi connectivity index (χ4n) is 6.88. The molecule has 3 aromatic carbocycles. The van der Waals surface area contributed by atoms with Gasteiger partial charge >= 0.3 is 0 Å². The van der Waals surface area contributed by atoms with E-state index in [1.54, 1.807) is 0 Å². The van der Waals surface area contributed by atoms with E-state index < -0.39 is 5.54 Å². The molecule has 3 aliphatic heterocycles. The minimum absolute atomic E-state index is 0.0108. The Morgan fingerprint density at radius 1 is 0.765 bits per heavy atom. The molecule has 0 spiro atoms.